The third-order valence-electron chi connectivity index (χ3n) is 6.87. The van der Waals surface area contributed by atoms with Crippen molar-refractivity contribution in [1.29, 1.82) is 0 Å². The van der Waals surface area contributed by atoms with Gasteiger partial charge in [-0.05, 0) is 43.0 Å². The molecule has 0 radical (unpaired) electrons. The van der Waals surface area contributed by atoms with Crippen molar-refractivity contribution in [3.8, 4) is 0 Å². The van der Waals surface area contributed by atoms with Crippen LogP contribution >= 0.6 is 23.2 Å². The van der Waals surface area contributed by atoms with Crippen molar-refractivity contribution in [3.63, 3.8) is 0 Å². The number of carbonyl (C=O) groups excluding carboxylic acids is 3. The van der Waals surface area contributed by atoms with Gasteiger partial charge >= 0.3 is 5.97 Å². The maximum Gasteiger partial charge on any atom is 0.339 e. The molecule has 9 heteroatoms. The molecule has 1 aliphatic carbocycles. The molecule has 1 unspecified atom stereocenters. The van der Waals surface area contributed by atoms with Crippen LogP contribution < -0.4 is 16.0 Å². The van der Waals surface area contributed by atoms with Crippen molar-refractivity contribution >= 4 is 52.2 Å². The third kappa shape index (κ3) is 3.44. The minimum absolute atomic E-state index is 0.0112. The first kappa shape index (κ1) is 24.4. The van der Waals surface area contributed by atoms with Gasteiger partial charge in [0.25, 0.3) is 0 Å². The standard InChI is InChI=1S/C27H25Cl2N3O4/c1-4-36-24(34)22-23(30)32(16-10-14(28)9-15(29)11-16)19-12-26(2,3)13-20(33)21(19)27(22)17-7-5-6-8-18(17)31-25(27)35/h5-11H,4,12-13,30H2,1-3H3,(H,31,35). The zero-order chi connectivity index (χ0) is 26.0. The number of ketones is 1. The summed E-state index contributed by atoms with van der Waals surface area (Å²) in [6.07, 6.45) is 0.620. The van der Waals surface area contributed by atoms with Gasteiger partial charge in [-0.3, -0.25) is 14.5 Å². The maximum atomic E-state index is 14.0. The molecule has 0 bridgehead atoms. The van der Waals surface area contributed by atoms with E-state index in [-0.39, 0.29) is 35.8 Å². The number of esters is 1. The first-order valence-electron chi connectivity index (χ1n) is 11.6. The van der Waals surface area contributed by atoms with Gasteiger partial charge in [0.1, 0.15) is 16.8 Å². The molecule has 186 valence electrons. The number of nitrogens with two attached hydrogens (primary N) is 1. The Bertz CT molecular complexity index is 1390. The zero-order valence-corrected chi connectivity index (χ0v) is 21.6. The van der Waals surface area contributed by atoms with Crippen LogP contribution in [0.5, 0.6) is 0 Å². The summed E-state index contributed by atoms with van der Waals surface area (Å²) in [6.45, 7) is 5.69. The van der Waals surface area contributed by atoms with Crippen molar-refractivity contribution in [2.24, 2.45) is 11.1 Å². The lowest BCUT2D eigenvalue weighted by molar-refractivity contribution is -0.140. The molecular formula is C27H25Cl2N3O4. The Morgan fingerprint density at radius 1 is 1.11 bits per heavy atom. The Hall–Kier alpha value is -3.29. The highest BCUT2D eigenvalue weighted by atomic mass is 35.5. The summed E-state index contributed by atoms with van der Waals surface area (Å²) in [6, 6.07) is 11.9. The van der Waals surface area contributed by atoms with E-state index in [1.807, 2.05) is 13.8 Å². The van der Waals surface area contributed by atoms with E-state index in [4.69, 9.17) is 33.7 Å². The summed E-state index contributed by atoms with van der Waals surface area (Å²) in [5.74, 6) is -1.54. The van der Waals surface area contributed by atoms with Crippen LogP contribution in [-0.4, -0.2) is 24.3 Å². The van der Waals surface area contributed by atoms with Gasteiger partial charge < -0.3 is 15.8 Å². The van der Waals surface area contributed by atoms with E-state index in [2.05, 4.69) is 5.32 Å². The van der Waals surface area contributed by atoms with Crippen molar-refractivity contribution in [1.82, 2.24) is 0 Å². The van der Waals surface area contributed by atoms with Crippen molar-refractivity contribution in [3.05, 3.63) is 80.7 Å². The number of allylic oxidation sites excluding steroid dienone is 1. The predicted molar refractivity (Wildman–Crippen MR) is 139 cm³/mol. The van der Waals surface area contributed by atoms with Gasteiger partial charge in [-0.2, -0.15) is 0 Å². The number of benzene rings is 2. The van der Waals surface area contributed by atoms with Crippen LogP contribution in [0.2, 0.25) is 10.0 Å². The first-order valence-corrected chi connectivity index (χ1v) is 12.4. The SMILES string of the molecule is CCOC(=O)C1=C(N)N(c2cc(Cl)cc(Cl)c2)C2=C(C(=O)CC(C)(C)C2)C12C(=O)Nc1ccccc12. The lowest BCUT2D eigenvalue weighted by Crippen LogP contribution is -2.54. The van der Waals surface area contributed by atoms with Crippen LogP contribution in [-0.2, 0) is 24.5 Å². The van der Waals surface area contributed by atoms with Gasteiger partial charge in [0, 0.05) is 39.0 Å². The Morgan fingerprint density at radius 2 is 1.78 bits per heavy atom. The molecule has 1 atom stereocenters. The predicted octanol–water partition coefficient (Wildman–Crippen LogP) is 5.08. The van der Waals surface area contributed by atoms with E-state index in [1.54, 1.807) is 54.3 Å². The average molecular weight is 526 g/mol. The fourth-order valence-electron chi connectivity index (χ4n) is 5.66. The number of fused-ring (bicyclic) bond motifs is 3. The normalized spacial score (nSPS) is 22.5. The molecule has 0 fully saturated rings. The topological polar surface area (TPSA) is 102 Å². The Kier molecular flexibility index (Phi) is 5.69. The number of carbonyl (C=O) groups is 3. The molecular weight excluding hydrogens is 501 g/mol. The van der Waals surface area contributed by atoms with Gasteiger partial charge in [-0.15, -0.1) is 0 Å². The summed E-state index contributed by atoms with van der Waals surface area (Å²) in [5, 5.41) is 3.58. The molecule has 1 spiro atoms. The lowest BCUT2D eigenvalue weighted by Gasteiger charge is -2.47. The Labute approximate surface area is 218 Å². The number of para-hydroxylation sites is 1. The molecule has 2 aliphatic heterocycles. The first-order chi connectivity index (χ1) is 17.0. The van der Waals surface area contributed by atoms with Gasteiger partial charge in [-0.25, -0.2) is 4.79 Å². The third-order valence-corrected chi connectivity index (χ3v) is 7.31. The molecule has 7 nitrogen and oxygen atoms in total. The molecule has 2 heterocycles. The fraction of sp³-hybridized carbons (Fsp3) is 0.296. The maximum absolute atomic E-state index is 14.0. The number of amides is 1. The fourth-order valence-corrected chi connectivity index (χ4v) is 6.17. The molecule has 1 amide bonds. The van der Waals surface area contributed by atoms with Crippen molar-refractivity contribution in [2.75, 3.05) is 16.8 Å². The summed E-state index contributed by atoms with van der Waals surface area (Å²) in [5.41, 5.74) is 6.77. The number of nitrogens with zero attached hydrogens (tertiary/aromatic N) is 1. The molecule has 0 saturated carbocycles. The number of rotatable bonds is 3. The molecule has 2 aromatic carbocycles. The highest BCUT2D eigenvalue weighted by Gasteiger charge is 2.62. The van der Waals surface area contributed by atoms with Gasteiger partial charge in [-0.1, -0.05) is 55.2 Å². The number of halogens is 2. The van der Waals surface area contributed by atoms with Gasteiger partial charge in [0.2, 0.25) is 5.91 Å². The quantitative estimate of drug-likeness (QED) is 0.541. The Morgan fingerprint density at radius 3 is 2.44 bits per heavy atom. The van der Waals surface area contributed by atoms with Crippen LogP contribution in [0.4, 0.5) is 11.4 Å². The molecule has 3 aliphatic rings. The Balaban J connectivity index is 1.93. The molecule has 3 N–H and O–H groups in total. The van der Waals surface area contributed by atoms with Crippen LogP contribution in [0.25, 0.3) is 0 Å². The number of hydrogen-bond donors (Lipinski definition) is 2. The van der Waals surface area contributed by atoms with Crippen LogP contribution in [0.15, 0.2) is 65.1 Å². The number of hydrogen-bond acceptors (Lipinski definition) is 6. The van der Waals surface area contributed by atoms with Crippen LogP contribution in [0.1, 0.15) is 39.2 Å². The van der Waals surface area contributed by atoms with E-state index in [9.17, 15) is 14.4 Å². The van der Waals surface area contributed by atoms with E-state index < -0.39 is 22.7 Å². The van der Waals surface area contributed by atoms with Crippen LogP contribution in [0.3, 0.4) is 0 Å². The number of ether oxygens (including phenoxy) is 1. The van der Waals surface area contributed by atoms with E-state index >= 15 is 0 Å². The van der Waals surface area contributed by atoms with Gasteiger partial charge in [0.05, 0.1) is 12.3 Å². The number of Topliss-reactive ketones (excluding diaryl/α,β-unsaturated/α-hetero) is 1. The van der Waals surface area contributed by atoms with Crippen molar-refractivity contribution in [2.45, 2.75) is 39.0 Å². The highest BCUT2D eigenvalue weighted by Crippen LogP contribution is 2.57. The minimum Gasteiger partial charge on any atom is -0.462 e. The second-order valence-corrected chi connectivity index (χ2v) is 10.8. The second-order valence-electron chi connectivity index (χ2n) is 9.96. The van der Waals surface area contributed by atoms with E-state index in [0.29, 0.717) is 39.1 Å². The monoisotopic (exact) mass is 525 g/mol. The smallest absolute Gasteiger partial charge is 0.339 e. The van der Waals surface area contributed by atoms with E-state index in [0.717, 1.165) is 0 Å². The number of anilines is 2. The minimum atomic E-state index is -1.74. The summed E-state index contributed by atoms with van der Waals surface area (Å²) < 4.78 is 5.42. The van der Waals surface area contributed by atoms with Crippen molar-refractivity contribution < 1.29 is 19.1 Å². The summed E-state index contributed by atoms with van der Waals surface area (Å²) >= 11 is 12.7. The van der Waals surface area contributed by atoms with Gasteiger partial charge in [0.15, 0.2) is 5.78 Å². The molecule has 2 aromatic rings. The molecule has 0 saturated heterocycles. The average Bonchev–Trinajstić information content (AvgIpc) is 3.04. The highest BCUT2D eigenvalue weighted by molar-refractivity contribution is 6.35. The number of nitrogens with one attached hydrogen (secondary N) is 1. The lowest BCUT2D eigenvalue weighted by atomic mass is 9.60. The van der Waals surface area contributed by atoms with Crippen LogP contribution in [0, 0.1) is 5.41 Å². The van der Waals surface area contributed by atoms with E-state index in [1.165, 1.54) is 0 Å². The second kappa shape index (κ2) is 8.39. The molecule has 36 heavy (non-hydrogen) atoms. The summed E-state index contributed by atoms with van der Waals surface area (Å²) in [7, 11) is 0. The largest absolute Gasteiger partial charge is 0.462 e. The molecule has 5 rings (SSSR count). The molecule has 0 aromatic heterocycles. The zero-order valence-electron chi connectivity index (χ0n) is 20.1. The summed E-state index contributed by atoms with van der Waals surface area (Å²) in [4.78, 5) is 43.1.